The zero-order valence-corrected chi connectivity index (χ0v) is 10.9. The average molecular weight is 267 g/mol. The van der Waals surface area contributed by atoms with Gasteiger partial charge in [-0.3, -0.25) is 9.97 Å². The number of nitrogens with zero attached hydrogens (tertiary/aromatic N) is 2. The van der Waals surface area contributed by atoms with Crippen LogP contribution in [0.5, 0.6) is 0 Å². The van der Waals surface area contributed by atoms with Crippen LogP contribution in [0.15, 0.2) is 67.3 Å². The summed E-state index contributed by atoms with van der Waals surface area (Å²) in [7, 11) is 0. The third-order valence-corrected chi connectivity index (χ3v) is 3.27. The summed E-state index contributed by atoms with van der Waals surface area (Å²) >= 11 is 6.37. The minimum Gasteiger partial charge on any atom is -0.265 e. The molecule has 3 rings (SSSR count). The molecule has 0 saturated carbocycles. The van der Waals surface area contributed by atoms with E-state index >= 15 is 0 Å². The molecule has 0 aliphatic heterocycles. The molecular formula is C16H11ClN2. The molecule has 0 saturated heterocycles. The van der Waals surface area contributed by atoms with E-state index < -0.39 is 0 Å². The molecule has 0 amide bonds. The maximum atomic E-state index is 6.37. The van der Waals surface area contributed by atoms with Crippen LogP contribution in [-0.4, -0.2) is 9.97 Å². The molecular weight excluding hydrogens is 256 g/mol. The highest BCUT2D eigenvalue weighted by Gasteiger charge is 2.10. The number of hydrogen-bond acceptors (Lipinski definition) is 2. The Kier molecular flexibility index (Phi) is 3.25. The maximum Gasteiger partial charge on any atom is 0.0491 e. The van der Waals surface area contributed by atoms with Crippen molar-refractivity contribution in [2.24, 2.45) is 0 Å². The van der Waals surface area contributed by atoms with E-state index in [0.717, 1.165) is 27.3 Å². The van der Waals surface area contributed by atoms with E-state index in [1.165, 1.54) is 0 Å². The van der Waals surface area contributed by atoms with Crippen LogP contribution in [0.2, 0.25) is 5.02 Å². The van der Waals surface area contributed by atoms with E-state index in [9.17, 15) is 0 Å². The number of halogens is 1. The number of benzene rings is 1. The van der Waals surface area contributed by atoms with Crippen LogP contribution in [0.25, 0.3) is 22.3 Å². The Balaban J connectivity index is 2.25. The van der Waals surface area contributed by atoms with Crippen LogP contribution in [0.3, 0.4) is 0 Å². The van der Waals surface area contributed by atoms with Crippen molar-refractivity contribution in [1.82, 2.24) is 9.97 Å². The van der Waals surface area contributed by atoms with Crippen LogP contribution >= 0.6 is 11.6 Å². The zero-order valence-electron chi connectivity index (χ0n) is 10.1. The van der Waals surface area contributed by atoms with E-state index in [2.05, 4.69) is 16.0 Å². The van der Waals surface area contributed by atoms with Crippen molar-refractivity contribution in [2.75, 3.05) is 0 Å². The Bertz CT molecular complexity index is 682. The highest BCUT2D eigenvalue weighted by molar-refractivity contribution is 6.34. The van der Waals surface area contributed by atoms with E-state index in [4.69, 9.17) is 11.6 Å². The smallest absolute Gasteiger partial charge is 0.0491 e. The summed E-state index contributed by atoms with van der Waals surface area (Å²) in [6.45, 7) is 0. The number of aromatic nitrogens is 2. The van der Waals surface area contributed by atoms with Crippen molar-refractivity contribution in [3.63, 3.8) is 0 Å². The Labute approximate surface area is 116 Å². The highest BCUT2D eigenvalue weighted by Crippen LogP contribution is 2.36. The van der Waals surface area contributed by atoms with E-state index in [1.54, 1.807) is 18.6 Å². The van der Waals surface area contributed by atoms with Crippen LogP contribution in [0.1, 0.15) is 0 Å². The molecule has 0 bridgehead atoms. The molecule has 0 aliphatic rings. The van der Waals surface area contributed by atoms with Gasteiger partial charge in [0.1, 0.15) is 0 Å². The molecule has 3 aromatic rings. The predicted molar refractivity (Wildman–Crippen MR) is 77.9 cm³/mol. The predicted octanol–water partition coefficient (Wildman–Crippen LogP) is 4.46. The van der Waals surface area contributed by atoms with Gasteiger partial charge in [-0.25, -0.2) is 0 Å². The van der Waals surface area contributed by atoms with Crippen LogP contribution in [-0.2, 0) is 0 Å². The molecule has 0 atom stereocenters. The van der Waals surface area contributed by atoms with Gasteiger partial charge >= 0.3 is 0 Å². The van der Waals surface area contributed by atoms with Crippen LogP contribution < -0.4 is 0 Å². The summed E-state index contributed by atoms with van der Waals surface area (Å²) in [5.41, 5.74) is 4.20. The van der Waals surface area contributed by atoms with Crippen molar-refractivity contribution in [1.29, 1.82) is 0 Å². The molecule has 0 radical (unpaired) electrons. The monoisotopic (exact) mass is 266 g/mol. The van der Waals surface area contributed by atoms with Gasteiger partial charge in [0, 0.05) is 40.9 Å². The molecule has 3 heteroatoms. The second-order valence-electron chi connectivity index (χ2n) is 4.14. The van der Waals surface area contributed by atoms with Gasteiger partial charge in [0.15, 0.2) is 0 Å². The Morgan fingerprint density at radius 3 is 2.32 bits per heavy atom. The average Bonchev–Trinajstić information content (AvgIpc) is 2.49. The normalized spacial score (nSPS) is 10.4. The molecule has 92 valence electrons. The highest BCUT2D eigenvalue weighted by atomic mass is 35.5. The van der Waals surface area contributed by atoms with E-state index in [-0.39, 0.29) is 0 Å². The van der Waals surface area contributed by atoms with Gasteiger partial charge in [-0.05, 0) is 35.4 Å². The number of pyridine rings is 2. The summed E-state index contributed by atoms with van der Waals surface area (Å²) in [5, 5.41) is 0.724. The van der Waals surface area contributed by atoms with Crippen molar-refractivity contribution in [3.8, 4) is 22.3 Å². The van der Waals surface area contributed by atoms with E-state index in [0.29, 0.717) is 0 Å². The summed E-state index contributed by atoms with van der Waals surface area (Å²) in [4.78, 5) is 8.22. The first-order valence-corrected chi connectivity index (χ1v) is 6.33. The molecule has 19 heavy (non-hydrogen) atoms. The van der Waals surface area contributed by atoms with Gasteiger partial charge in [-0.15, -0.1) is 0 Å². The SMILES string of the molecule is Clc1cccc(-c2ccncc2)c1-c1cccnc1. The van der Waals surface area contributed by atoms with Crippen molar-refractivity contribution >= 4 is 11.6 Å². The minimum absolute atomic E-state index is 0.724. The lowest BCUT2D eigenvalue weighted by Gasteiger charge is -2.11. The van der Waals surface area contributed by atoms with Crippen LogP contribution in [0.4, 0.5) is 0 Å². The quantitative estimate of drug-likeness (QED) is 0.684. The molecule has 2 aromatic heterocycles. The second kappa shape index (κ2) is 5.21. The van der Waals surface area contributed by atoms with E-state index in [1.807, 2.05) is 42.6 Å². The first kappa shape index (κ1) is 11.9. The standard InChI is InChI=1S/C16H11ClN2/c17-15-5-1-4-14(12-6-9-18-10-7-12)16(15)13-3-2-8-19-11-13/h1-11H. The lowest BCUT2D eigenvalue weighted by atomic mass is 9.96. The molecule has 0 aliphatic carbocycles. The van der Waals surface area contributed by atoms with Gasteiger partial charge in [-0.1, -0.05) is 29.8 Å². The molecule has 0 spiro atoms. The maximum absolute atomic E-state index is 6.37. The van der Waals surface area contributed by atoms with Gasteiger partial charge in [0.2, 0.25) is 0 Å². The Hall–Kier alpha value is -2.19. The summed E-state index contributed by atoms with van der Waals surface area (Å²) in [6, 6.07) is 13.8. The lowest BCUT2D eigenvalue weighted by molar-refractivity contribution is 1.32. The summed E-state index contributed by atoms with van der Waals surface area (Å²) in [5.74, 6) is 0. The van der Waals surface area contributed by atoms with Crippen molar-refractivity contribution in [2.45, 2.75) is 0 Å². The number of hydrogen-bond donors (Lipinski definition) is 0. The molecule has 0 fully saturated rings. The molecule has 0 unspecified atom stereocenters. The fraction of sp³-hybridized carbons (Fsp3) is 0. The van der Waals surface area contributed by atoms with Gasteiger partial charge < -0.3 is 0 Å². The van der Waals surface area contributed by atoms with Gasteiger partial charge in [0.25, 0.3) is 0 Å². The van der Waals surface area contributed by atoms with Gasteiger partial charge in [-0.2, -0.15) is 0 Å². The van der Waals surface area contributed by atoms with Gasteiger partial charge in [0.05, 0.1) is 0 Å². The minimum atomic E-state index is 0.724. The summed E-state index contributed by atoms with van der Waals surface area (Å²) < 4.78 is 0. The van der Waals surface area contributed by atoms with Crippen molar-refractivity contribution in [3.05, 3.63) is 72.3 Å². The molecule has 2 nitrogen and oxygen atoms in total. The fourth-order valence-corrected chi connectivity index (χ4v) is 2.38. The summed E-state index contributed by atoms with van der Waals surface area (Å²) in [6.07, 6.45) is 7.14. The van der Waals surface area contributed by atoms with Crippen LogP contribution in [0, 0.1) is 0 Å². The third-order valence-electron chi connectivity index (χ3n) is 2.96. The molecule has 1 aromatic carbocycles. The Morgan fingerprint density at radius 2 is 1.58 bits per heavy atom. The third kappa shape index (κ3) is 2.35. The second-order valence-corrected chi connectivity index (χ2v) is 4.55. The zero-order chi connectivity index (χ0) is 13.1. The Morgan fingerprint density at radius 1 is 0.737 bits per heavy atom. The first-order chi connectivity index (χ1) is 9.36. The van der Waals surface area contributed by atoms with Crippen molar-refractivity contribution < 1.29 is 0 Å². The fourth-order valence-electron chi connectivity index (χ4n) is 2.10. The largest absolute Gasteiger partial charge is 0.265 e. The molecule has 2 heterocycles. The molecule has 0 N–H and O–H groups in total. The lowest BCUT2D eigenvalue weighted by Crippen LogP contribution is -1.87. The first-order valence-electron chi connectivity index (χ1n) is 5.95. The topological polar surface area (TPSA) is 25.8 Å². The number of rotatable bonds is 2.